The van der Waals surface area contributed by atoms with Crippen LogP contribution >= 0.6 is 0 Å². The van der Waals surface area contributed by atoms with Gasteiger partial charge in [-0.3, -0.25) is 0 Å². The van der Waals surface area contributed by atoms with Crippen molar-refractivity contribution >= 4 is 0 Å². The normalized spacial score (nSPS) is 15.3. The number of hydrogen-bond acceptors (Lipinski definition) is 2. The SMILES string of the molecule is CCCCN(C)CC(C)(CCC)CNCC(C)C. The highest BCUT2D eigenvalue weighted by Crippen LogP contribution is 2.23. The van der Waals surface area contributed by atoms with Gasteiger partial charge in [0.2, 0.25) is 0 Å². The van der Waals surface area contributed by atoms with Crippen LogP contribution in [0.3, 0.4) is 0 Å². The van der Waals surface area contributed by atoms with E-state index in [1.165, 1.54) is 38.8 Å². The molecule has 0 aromatic rings. The Bertz CT molecular complexity index is 192. The van der Waals surface area contributed by atoms with Gasteiger partial charge in [-0.25, -0.2) is 0 Å². The predicted molar refractivity (Wildman–Crippen MR) is 83.1 cm³/mol. The second kappa shape index (κ2) is 9.80. The Morgan fingerprint density at radius 3 is 2.33 bits per heavy atom. The molecule has 1 N–H and O–H groups in total. The summed E-state index contributed by atoms with van der Waals surface area (Å²) in [6.45, 7) is 16.3. The second-order valence-corrected chi connectivity index (χ2v) is 6.68. The van der Waals surface area contributed by atoms with E-state index in [0.717, 1.165) is 19.0 Å². The number of rotatable bonds is 11. The van der Waals surface area contributed by atoms with E-state index >= 15 is 0 Å². The molecule has 0 fully saturated rings. The van der Waals surface area contributed by atoms with Crippen LogP contribution in [-0.4, -0.2) is 38.1 Å². The fourth-order valence-electron chi connectivity index (χ4n) is 2.65. The lowest BCUT2D eigenvalue weighted by Crippen LogP contribution is -2.42. The molecule has 0 amide bonds. The zero-order chi connectivity index (χ0) is 14.0. The van der Waals surface area contributed by atoms with Crippen molar-refractivity contribution in [1.82, 2.24) is 10.2 Å². The maximum Gasteiger partial charge on any atom is 0.00444 e. The Balaban J connectivity index is 4.14. The Labute approximate surface area is 116 Å². The monoisotopic (exact) mass is 256 g/mol. The molecule has 0 aliphatic carbocycles. The van der Waals surface area contributed by atoms with Gasteiger partial charge in [0.25, 0.3) is 0 Å². The second-order valence-electron chi connectivity index (χ2n) is 6.68. The molecule has 0 aromatic heterocycles. The standard InChI is InChI=1S/C16H36N2/c1-7-9-11-18(6)14-16(5,10-8-2)13-17-12-15(3)4/h15,17H,7-14H2,1-6H3. The van der Waals surface area contributed by atoms with Crippen molar-refractivity contribution in [2.45, 2.75) is 60.3 Å². The average Bonchev–Trinajstić information content (AvgIpc) is 2.25. The highest BCUT2D eigenvalue weighted by molar-refractivity contribution is 4.80. The van der Waals surface area contributed by atoms with Crippen LogP contribution < -0.4 is 5.32 Å². The van der Waals surface area contributed by atoms with Crippen molar-refractivity contribution in [3.63, 3.8) is 0 Å². The van der Waals surface area contributed by atoms with E-state index in [1.54, 1.807) is 0 Å². The number of hydrogen-bond donors (Lipinski definition) is 1. The summed E-state index contributed by atoms with van der Waals surface area (Å²) in [6, 6.07) is 0. The third kappa shape index (κ3) is 8.93. The zero-order valence-electron chi connectivity index (χ0n) is 13.7. The predicted octanol–water partition coefficient (Wildman–Crippen LogP) is 3.77. The Morgan fingerprint density at radius 1 is 1.17 bits per heavy atom. The van der Waals surface area contributed by atoms with Gasteiger partial charge in [0, 0.05) is 13.1 Å². The summed E-state index contributed by atoms with van der Waals surface area (Å²) in [5.74, 6) is 0.744. The summed E-state index contributed by atoms with van der Waals surface area (Å²) < 4.78 is 0. The van der Waals surface area contributed by atoms with Crippen molar-refractivity contribution in [1.29, 1.82) is 0 Å². The Hall–Kier alpha value is -0.0800. The molecule has 0 aliphatic heterocycles. The quantitative estimate of drug-likeness (QED) is 0.605. The summed E-state index contributed by atoms with van der Waals surface area (Å²) in [7, 11) is 2.27. The largest absolute Gasteiger partial charge is 0.316 e. The molecule has 0 bridgehead atoms. The smallest absolute Gasteiger partial charge is 0.00444 e. The highest BCUT2D eigenvalue weighted by atomic mass is 15.1. The van der Waals surface area contributed by atoms with Gasteiger partial charge in [-0.1, -0.05) is 47.5 Å². The van der Waals surface area contributed by atoms with Crippen LogP contribution in [0, 0.1) is 11.3 Å². The molecule has 0 saturated carbocycles. The van der Waals surface area contributed by atoms with E-state index in [4.69, 9.17) is 0 Å². The molecule has 0 spiro atoms. The minimum atomic E-state index is 0.423. The van der Waals surface area contributed by atoms with Crippen LogP contribution in [0.2, 0.25) is 0 Å². The van der Waals surface area contributed by atoms with E-state index in [9.17, 15) is 0 Å². The molecule has 0 radical (unpaired) electrons. The summed E-state index contributed by atoms with van der Waals surface area (Å²) in [5, 5.41) is 3.65. The van der Waals surface area contributed by atoms with E-state index in [2.05, 4.69) is 51.9 Å². The molecule has 18 heavy (non-hydrogen) atoms. The average molecular weight is 256 g/mol. The van der Waals surface area contributed by atoms with Crippen LogP contribution in [-0.2, 0) is 0 Å². The molecular weight excluding hydrogens is 220 g/mol. The summed E-state index contributed by atoms with van der Waals surface area (Å²) in [6.07, 6.45) is 5.20. The van der Waals surface area contributed by atoms with E-state index in [0.29, 0.717) is 5.41 Å². The first-order valence-electron chi connectivity index (χ1n) is 7.82. The van der Waals surface area contributed by atoms with Crippen LogP contribution in [0.15, 0.2) is 0 Å². The minimum absolute atomic E-state index is 0.423. The van der Waals surface area contributed by atoms with Gasteiger partial charge in [0.15, 0.2) is 0 Å². The lowest BCUT2D eigenvalue weighted by atomic mass is 9.84. The topological polar surface area (TPSA) is 15.3 Å². The fraction of sp³-hybridized carbons (Fsp3) is 1.00. The molecular formula is C16H36N2. The number of unbranched alkanes of at least 4 members (excludes halogenated alkanes) is 1. The maximum absolute atomic E-state index is 3.65. The van der Waals surface area contributed by atoms with Crippen molar-refractivity contribution < 1.29 is 0 Å². The summed E-state index contributed by atoms with van der Waals surface area (Å²) in [5.41, 5.74) is 0.423. The van der Waals surface area contributed by atoms with E-state index in [-0.39, 0.29) is 0 Å². The van der Waals surface area contributed by atoms with Crippen LogP contribution in [0.25, 0.3) is 0 Å². The molecule has 1 atom stereocenters. The number of nitrogens with one attached hydrogen (secondary N) is 1. The van der Waals surface area contributed by atoms with Crippen LogP contribution in [0.1, 0.15) is 60.3 Å². The van der Waals surface area contributed by atoms with Gasteiger partial charge in [-0.15, -0.1) is 0 Å². The van der Waals surface area contributed by atoms with Crippen molar-refractivity contribution in [3.8, 4) is 0 Å². The molecule has 0 heterocycles. The third-order valence-corrected chi connectivity index (χ3v) is 3.50. The lowest BCUT2D eigenvalue weighted by Gasteiger charge is -2.34. The molecule has 2 nitrogen and oxygen atoms in total. The summed E-state index contributed by atoms with van der Waals surface area (Å²) >= 11 is 0. The zero-order valence-corrected chi connectivity index (χ0v) is 13.7. The maximum atomic E-state index is 3.65. The summed E-state index contributed by atoms with van der Waals surface area (Å²) in [4.78, 5) is 2.51. The van der Waals surface area contributed by atoms with Gasteiger partial charge >= 0.3 is 0 Å². The molecule has 2 heteroatoms. The first kappa shape index (κ1) is 17.9. The van der Waals surface area contributed by atoms with Gasteiger partial charge in [0.05, 0.1) is 0 Å². The highest BCUT2D eigenvalue weighted by Gasteiger charge is 2.24. The van der Waals surface area contributed by atoms with Crippen LogP contribution in [0.4, 0.5) is 0 Å². The van der Waals surface area contributed by atoms with Gasteiger partial charge in [-0.05, 0) is 44.3 Å². The lowest BCUT2D eigenvalue weighted by molar-refractivity contribution is 0.170. The third-order valence-electron chi connectivity index (χ3n) is 3.50. The Morgan fingerprint density at radius 2 is 1.83 bits per heavy atom. The molecule has 0 aliphatic rings. The first-order valence-corrected chi connectivity index (χ1v) is 7.82. The molecule has 110 valence electrons. The fourth-order valence-corrected chi connectivity index (χ4v) is 2.65. The molecule has 0 saturated heterocycles. The van der Waals surface area contributed by atoms with Crippen LogP contribution in [0.5, 0.6) is 0 Å². The minimum Gasteiger partial charge on any atom is -0.316 e. The first-order chi connectivity index (χ1) is 8.43. The van der Waals surface area contributed by atoms with Gasteiger partial charge in [-0.2, -0.15) is 0 Å². The Kier molecular flexibility index (Phi) is 9.76. The number of nitrogens with zero attached hydrogens (tertiary/aromatic N) is 1. The van der Waals surface area contributed by atoms with Gasteiger partial charge in [0.1, 0.15) is 0 Å². The van der Waals surface area contributed by atoms with Crippen molar-refractivity contribution in [2.24, 2.45) is 11.3 Å². The van der Waals surface area contributed by atoms with Crippen molar-refractivity contribution in [2.75, 3.05) is 33.2 Å². The molecule has 1 unspecified atom stereocenters. The molecule has 0 rings (SSSR count). The van der Waals surface area contributed by atoms with E-state index in [1.807, 2.05) is 0 Å². The van der Waals surface area contributed by atoms with E-state index < -0.39 is 0 Å². The van der Waals surface area contributed by atoms with Gasteiger partial charge < -0.3 is 10.2 Å². The van der Waals surface area contributed by atoms with Crippen molar-refractivity contribution in [3.05, 3.63) is 0 Å². The molecule has 0 aromatic carbocycles.